The fraction of sp³-hybridized carbons (Fsp3) is 0.318. The normalized spacial score (nSPS) is 20.6. The molecule has 2 aromatic carbocycles. The Morgan fingerprint density at radius 3 is 2.18 bits per heavy atom. The quantitative estimate of drug-likeness (QED) is 0.363. The Morgan fingerprint density at radius 2 is 1.58 bits per heavy atom. The highest BCUT2D eigenvalue weighted by Crippen LogP contribution is 2.35. The van der Waals surface area contributed by atoms with Gasteiger partial charge in [0.05, 0.1) is 13.0 Å². The molecule has 1 aliphatic rings. The number of carbonyl (C=O) groups excluding carboxylic acids is 2. The third-order valence-corrected chi connectivity index (χ3v) is 8.03. The SMILES string of the molecule is O=C(Cc1ccc(CO)cc1)NNC(=O)[N@+]1(S(=O)(=O)c2ccccc2)CCCC[C@H]1C(=O)O. The van der Waals surface area contributed by atoms with Crippen LogP contribution in [0.2, 0.25) is 0 Å². The number of likely N-dealkylation sites (tertiary alicyclic amines) is 1. The highest BCUT2D eigenvalue weighted by molar-refractivity contribution is 7.86. The molecule has 0 aliphatic carbocycles. The molecule has 0 unspecified atom stereocenters. The van der Waals surface area contributed by atoms with Crippen molar-refractivity contribution in [2.45, 2.75) is 43.2 Å². The van der Waals surface area contributed by atoms with E-state index in [-0.39, 0.29) is 30.9 Å². The average Bonchev–Trinajstić information content (AvgIpc) is 2.83. The number of amides is 3. The summed E-state index contributed by atoms with van der Waals surface area (Å²) in [5.41, 5.74) is 5.64. The first-order chi connectivity index (χ1) is 15.7. The van der Waals surface area contributed by atoms with Gasteiger partial charge in [0.15, 0.2) is 0 Å². The van der Waals surface area contributed by atoms with Crippen LogP contribution in [0, 0.1) is 0 Å². The largest absolute Gasteiger partial charge is 0.477 e. The molecule has 0 bridgehead atoms. The van der Waals surface area contributed by atoms with Crippen molar-refractivity contribution in [3.05, 3.63) is 65.7 Å². The van der Waals surface area contributed by atoms with Crippen molar-refractivity contribution < 1.29 is 36.9 Å². The highest BCUT2D eigenvalue weighted by atomic mass is 32.2. The monoisotopic (exact) mass is 476 g/mol. The van der Waals surface area contributed by atoms with Crippen LogP contribution in [0.4, 0.5) is 4.79 Å². The number of carbonyl (C=O) groups is 3. The summed E-state index contributed by atoms with van der Waals surface area (Å²) in [6.45, 7) is -0.373. The number of nitrogens with one attached hydrogen (secondary N) is 2. The predicted molar refractivity (Wildman–Crippen MR) is 117 cm³/mol. The number of sulfonamides is 1. The summed E-state index contributed by atoms with van der Waals surface area (Å²) in [4.78, 5) is 37.5. The number of urea groups is 1. The average molecular weight is 477 g/mol. The van der Waals surface area contributed by atoms with E-state index in [9.17, 15) is 27.9 Å². The Hall–Kier alpha value is -3.28. The number of hydrazine groups is 1. The van der Waals surface area contributed by atoms with E-state index >= 15 is 0 Å². The number of aliphatic hydroxyl groups excluding tert-OH is 1. The van der Waals surface area contributed by atoms with Gasteiger partial charge in [0, 0.05) is 6.42 Å². The van der Waals surface area contributed by atoms with Gasteiger partial charge in [0.2, 0.25) is 11.9 Å². The number of carboxylic acids is 1. The van der Waals surface area contributed by atoms with Crippen LogP contribution in [0.1, 0.15) is 30.4 Å². The van der Waals surface area contributed by atoms with E-state index in [1.165, 1.54) is 24.3 Å². The number of carboxylic acid groups (broad SMARTS) is 1. The summed E-state index contributed by atoms with van der Waals surface area (Å²) in [5.74, 6) is -2.01. The van der Waals surface area contributed by atoms with Gasteiger partial charge in [-0.1, -0.05) is 42.5 Å². The fourth-order valence-corrected chi connectivity index (χ4v) is 6.02. The molecule has 4 N–H and O–H groups in total. The zero-order valence-corrected chi connectivity index (χ0v) is 18.6. The van der Waals surface area contributed by atoms with E-state index in [1.807, 2.05) is 0 Å². The minimum Gasteiger partial charge on any atom is -0.477 e. The zero-order valence-electron chi connectivity index (χ0n) is 17.8. The first-order valence-corrected chi connectivity index (χ1v) is 11.8. The standard InChI is InChI=1S/C22H25N3O7S/c26-15-17-11-9-16(10-12-17)14-20(27)23-24-22(30)25(13-5-4-8-19(25)21(28)29)33(31,32)18-6-2-1-3-7-18/h1-3,6-7,9-12,19,26H,4-5,8,13-15H2,(H2-,23,24,27,28,29,30)/p+1/t19-,25-/m0/s1. The van der Waals surface area contributed by atoms with Gasteiger partial charge in [-0.25, -0.2) is 15.0 Å². The summed E-state index contributed by atoms with van der Waals surface area (Å²) in [7, 11) is -4.46. The van der Waals surface area contributed by atoms with Crippen LogP contribution in [0.5, 0.6) is 0 Å². The van der Waals surface area contributed by atoms with Crippen LogP contribution in [0.25, 0.3) is 0 Å². The van der Waals surface area contributed by atoms with Crippen molar-refractivity contribution in [1.82, 2.24) is 10.9 Å². The molecule has 33 heavy (non-hydrogen) atoms. The molecule has 2 aromatic rings. The van der Waals surface area contributed by atoms with Crippen LogP contribution in [0.15, 0.2) is 59.5 Å². The van der Waals surface area contributed by atoms with Gasteiger partial charge >= 0.3 is 22.0 Å². The molecule has 3 amide bonds. The predicted octanol–water partition coefficient (Wildman–Crippen LogP) is 1.30. The van der Waals surface area contributed by atoms with Crippen LogP contribution >= 0.6 is 0 Å². The maximum Gasteiger partial charge on any atom is 0.451 e. The molecule has 2 atom stereocenters. The smallest absolute Gasteiger partial charge is 0.451 e. The summed E-state index contributed by atoms with van der Waals surface area (Å²) in [5, 5.41) is 18.9. The molecule has 3 rings (SSSR count). The number of piperidine rings is 1. The molecular weight excluding hydrogens is 450 g/mol. The van der Waals surface area contributed by atoms with Crippen molar-refractivity contribution in [2.24, 2.45) is 0 Å². The molecule has 1 fully saturated rings. The molecule has 0 aromatic heterocycles. The molecular formula is C22H26N3O7S+. The lowest BCUT2D eigenvalue weighted by Crippen LogP contribution is -2.70. The van der Waals surface area contributed by atoms with Gasteiger partial charge in [-0.3, -0.25) is 10.2 Å². The van der Waals surface area contributed by atoms with Gasteiger partial charge in [0.25, 0.3) is 0 Å². The molecule has 0 radical (unpaired) electrons. The Labute approximate surface area is 191 Å². The van der Waals surface area contributed by atoms with Crippen molar-refractivity contribution in [1.29, 1.82) is 0 Å². The van der Waals surface area contributed by atoms with E-state index < -0.39 is 37.9 Å². The van der Waals surface area contributed by atoms with Gasteiger partial charge in [-0.15, -0.1) is 3.89 Å². The number of rotatable bonds is 6. The second-order valence-electron chi connectivity index (χ2n) is 7.79. The first-order valence-electron chi connectivity index (χ1n) is 10.4. The summed E-state index contributed by atoms with van der Waals surface area (Å²) >= 11 is 0. The summed E-state index contributed by atoms with van der Waals surface area (Å²) < 4.78 is 25.8. The number of nitrogens with zero attached hydrogens (tertiary/aromatic N) is 1. The number of benzene rings is 2. The lowest BCUT2D eigenvalue weighted by atomic mass is 10.0. The molecule has 1 aliphatic heterocycles. The molecule has 176 valence electrons. The molecule has 0 saturated carbocycles. The number of hydrogen-bond donors (Lipinski definition) is 4. The molecule has 11 heteroatoms. The topological polar surface area (TPSA) is 150 Å². The van der Waals surface area contributed by atoms with E-state index in [2.05, 4.69) is 10.9 Å². The minimum atomic E-state index is -4.46. The van der Waals surface area contributed by atoms with E-state index in [1.54, 1.807) is 30.3 Å². The number of quaternary nitrogens is 1. The lowest BCUT2D eigenvalue weighted by Gasteiger charge is -2.40. The Kier molecular flexibility index (Phi) is 7.46. The van der Waals surface area contributed by atoms with Crippen LogP contribution in [-0.2, 0) is 32.6 Å². The van der Waals surface area contributed by atoms with Crippen LogP contribution < -0.4 is 10.9 Å². The van der Waals surface area contributed by atoms with Crippen molar-refractivity contribution in [3.8, 4) is 0 Å². The van der Waals surface area contributed by atoms with Crippen molar-refractivity contribution in [3.63, 3.8) is 0 Å². The minimum absolute atomic E-state index is 0.0000306. The second-order valence-corrected chi connectivity index (χ2v) is 9.86. The Balaban J connectivity index is 1.85. The van der Waals surface area contributed by atoms with Gasteiger partial charge in [-0.05, 0) is 36.1 Å². The van der Waals surface area contributed by atoms with Crippen molar-refractivity contribution >= 4 is 27.9 Å². The van der Waals surface area contributed by atoms with E-state index in [0.717, 1.165) is 0 Å². The second kappa shape index (κ2) is 10.1. The van der Waals surface area contributed by atoms with Crippen LogP contribution in [-0.4, -0.2) is 53.0 Å². The third kappa shape index (κ3) is 4.90. The van der Waals surface area contributed by atoms with E-state index in [4.69, 9.17) is 5.11 Å². The maximum absolute atomic E-state index is 13.6. The first kappa shape index (κ1) is 24.4. The Morgan fingerprint density at radius 1 is 0.939 bits per heavy atom. The highest BCUT2D eigenvalue weighted by Gasteiger charge is 2.60. The zero-order chi connectivity index (χ0) is 24.1. The van der Waals surface area contributed by atoms with Crippen LogP contribution in [0.3, 0.4) is 0 Å². The Bertz CT molecular complexity index is 1120. The van der Waals surface area contributed by atoms with Crippen molar-refractivity contribution in [2.75, 3.05) is 6.54 Å². The molecule has 1 saturated heterocycles. The number of aliphatic carboxylic acids is 1. The number of hydrogen-bond acceptors (Lipinski definition) is 6. The summed E-state index contributed by atoms with van der Waals surface area (Å²) in [6, 6.07) is 11.2. The maximum atomic E-state index is 13.6. The fourth-order valence-electron chi connectivity index (χ4n) is 3.98. The third-order valence-electron chi connectivity index (χ3n) is 5.70. The van der Waals surface area contributed by atoms with Gasteiger partial charge < -0.3 is 10.2 Å². The summed E-state index contributed by atoms with van der Waals surface area (Å²) in [6.07, 6.45) is 0.679. The molecule has 1 heterocycles. The number of aliphatic hydroxyl groups is 1. The molecule has 0 spiro atoms. The molecule has 10 nitrogen and oxygen atoms in total. The van der Waals surface area contributed by atoms with E-state index in [0.29, 0.717) is 24.0 Å². The van der Waals surface area contributed by atoms with Gasteiger partial charge in [-0.2, -0.15) is 8.42 Å². The van der Waals surface area contributed by atoms with Gasteiger partial charge in [0.1, 0.15) is 11.4 Å². The lowest BCUT2D eigenvalue weighted by molar-refractivity contribution is -0.749.